The maximum Gasteiger partial charge on any atom is 0.159 e. The van der Waals surface area contributed by atoms with Crippen molar-refractivity contribution in [3.8, 4) is 5.69 Å². The molecule has 0 saturated heterocycles. The molecule has 0 atom stereocenters. The fraction of sp³-hybridized carbons (Fsp3) is 0.250. The molecule has 1 N–H and O–H groups in total. The lowest BCUT2D eigenvalue weighted by atomic mass is 10.00. The summed E-state index contributed by atoms with van der Waals surface area (Å²) in [4.78, 5) is 4.63. The molecule has 6 nitrogen and oxygen atoms in total. The molecule has 144 valence electrons. The van der Waals surface area contributed by atoms with Crippen LogP contribution in [0.3, 0.4) is 0 Å². The van der Waals surface area contributed by atoms with E-state index >= 15 is 0 Å². The maximum atomic E-state index is 14.5. The van der Waals surface area contributed by atoms with Crippen molar-refractivity contribution in [1.82, 2.24) is 19.8 Å². The summed E-state index contributed by atoms with van der Waals surface area (Å²) in [6.45, 7) is 2.96. The van der Waals surface area contributed by atoms with E-state index in [1.54, 1.807) is 30.3 Å². The fourth-order valence-electron chi connectivity index (χ4n) is 3.35. The Balaban J connectivity index is 1.87. The summed E-state index contributed by atoms with van der Waals surface area (Å²) in [5, 5.41) is 20.3. The summed E-state index contributed by atoms with van der Waals surface area (Å²) >= 11 is 6.25. The Labute approximate surface area is 166 Å². The van der Waals surface area contributed by atoms with E-state index in [9.17, 15) is 9.60 Å². The second-order valence-electron chi connectivity index (χ2n) is 6.56. The number of halogens is 2. The first-order chi connectivity index (χ1) is 13.6. The largest absolute Gasteiger partial charge is 0.314 e. The Bertz CT molecular complexity index is 1050. The first-order valence-corrected chi connectivity index (χ1v) is 9.43. The van der Waals surface area contributed by atoms with Gasteiger partial charge in [0, 0.05) is 22.7 Å². The Morgan fingerprint density at radius 1 is 1.18 bits per heavy atom. The van der Waals surface area contributed by atoms with Gasteiger partial charge in [-0.1, -0.05) is 30.7 Å². The third-order valence-corrected chi connectivity index (χ3v) is 4.80. The first-order valence-electron chi connectivity index (χ1n) is 9.05. The van der Waals surface area contributed by atoms with Gasteiger partial charge in [0.2, 0.25) is 0 Å². The number of hydrogen-bond acceptors (Lipinski definition) is 5. The van der Waals surface area contributed by atoms with Crippen LogP contribution >= 0.6 is 11.6 Å². The standard InChI is InChI=1S/C20H19ClFN5O/c1-2-9-26(28)12-19-25-24-18-11-23-20(14-5-3-4-6-16(14)22)15-10-13(21)7-8-17(15)27(18)19/h3-8,10,28H,2,9,11-12H2,1H3. The minimum Gasteiger partial charge on any atom is -0.314 e. The first kappa shape index (κ1) is 18.7. The van der Waals surface area contributed by atoms with Gasteiger partial charge in [-0.3, -0.25) is 9.56 Å². The average molecular weight is 400 g/mol. The van der Waals surface area contributed by atoms with Gasteiger partial charge in [0.25, 0.3) is 0 Å². The van der Waals surface area contributed by atoms with Crippen molar-refractivity contribution in [2.24, 2.45) is 4.99 Å². The highest BCUT2D eigenvalue weighted by Gasteiger charge is 2.25. The molecule has 0 bridgehead atoms. The molecule has 0 aliphatic carbocycles. The topological polar surface area (TPSA) is 66.5 Å². The molecule has 28 heavy (non-hydrogen) atoms. The molecule has 1 aromatic heterocycles. The number of hydroxylamine groups is 2. The van der Waals surface area contributed by atoms with Crippen LogP contribution in [-0.2, 0) is 13.1 Å². The normalized spacial score (nSPS) is 13.1. The van der Waals surface area contributed by atoms with E-state index in [1.807, 2.05) is 17.6 Å². The van der Waals surface area contributed by atoms with Gasteiger partial charge in [-0.05, 0) is 36.8 Å². The molecular formula is C20H19ClFN5O. The molecule has 4 rings (SSSR count). The zero-order valence-electron chi connectivity index (χ0n) is 15.3. The number of nitrogens with zero attached hydrogens (tertiary/aromatic N) is 5. The van der Waals surface area contributed by atoms with Crippen LogP contribution < -0.4 is 0 Å². The van der Waals surface area contributed by atoms with E-state index in [2.05, 4.69) is 15.2 Å². The van der Waals surface area contributed by atoms with Gasteiger partial charge in [0.15, 0.2) is 11.6 Å². The molecule has 0 fully saturated rings. The molecule has 0 unspecified atom stereocenters. The summed E-state index contributed by atoms with van der Waals surface area (Å²) in [6, 6.07) is 11.9. The van der Waals surface area contributed by atoms with Gasteiger partial charge in [0.1, 0.15) is 12.4 Å². The average Bonchev–Trinajstić information content (AvgIpc) is 2.98. The Hall–Kier alpha value is -2.61. The van der Waals surface area contributed by atoms with Crippen molar-refractivity contribution in [1.29, 1.82) is 0 Å². The van der Waals surface area contributed by atoms with Gasteiger partial charge in [0.05, 0.1) is 17.9 Å². The smallest absolute Gasteiger partial charge is 0.159 e. The zero-order chi connectivity index (χ0) is 19.7. The molecule has 1 aliphatic heterocycles. The highest BCUT2D eigenvalue weighted by Crippen LogP contribution is 2.29. The van der Waals surface area contributed by atoms with Crippen LogP contribution in [0.25, 0.3) is 5.69 Å². The monoisotopic (exact) mass is 399 g/mol. The molecule has 8 heteroatoms. The number of fused-ring (bicyclic) bond motifs is 3. The van der Waals surface area contributed by atoms with Crippen molar-refractivity contribution in [3.05, 3.63) is 76.1 Å². The molecule has 2 aromatic carbocycles. The molecule has 0 radical (unpaired) electrons. The van der Waals surface area contributed by atoms with Gasteiger partial charge in [-0.15, -0.1) is 10.2 Å². The van der Waals surface area contributed by atoms with Gasteiger partial charge in [-0.2, -0.15) is 5.06 Å². The lowest BCUT2D eigenvalue weighted by Gasteiger charge is -2.17. The lowest BCUT2D eigenvalue weighted by Crippen LogP contribution is -2.22. The predicted molar refractivity (Wildman–Crippen MR) is 105 cm³/mol. The van der Waals surface area contributed by atoms with Gasteiger partial charge in [-0.25, -0.2) is 4.39 Å². The van der Waals surface area contributed by atoms with Crippen LogP contribution in [0.4, 0.5) is 4.39 Å². The highest BCUT2D eigenvalue weighted by atomic mass is 35.5. The van der Waals surface area contributed by atoms with E-state index in [0.717, 1.165) is 12.1 Å². The Morgan fingerprint density at radius 2 is 2.00 bits per heavy atom. The molecule has 1 aliphatic rings. The molecule has 0 saturated carbocycles. The van der Waals surface area contributed by atoms with Crippen LogP contribution in [0.5, 0.6) is 0 Å². The quantitative estimate of drug-likeness (QED) is 0.658. The van der Waals surface area contributed by atoms with Crippen molar-refractivity contribution in [2.45, 2.75) is 26.4 Å². The maximum absolute atomic E-state index is 14.5. The van der Waals surface area contributed by atoms with Crippen molar-refractivity contribution in [3.63, 3.8) is 0 Å². The van der Waals surface area contributed by atoms with Crippen molar-refractivity contribution >= 4 is 17.3 Å². The van der Waals surface area contributed by atoms with Gasteiger partial charge < -0.3 is 5.21 Å². The van der Waals surface area contributed by atoms with E-state index in [4.69, 9.17) is 11.6 Å². The van der Waals surface area contributed by atoms with Crippen molar-refractivity contribution < 1.29 is 9.60 Å². The summed E-state index contributed by atoms with van der Waals surface area (Å²) in [7, 11) is 0. The summed E-state index contributed by atoms with van der Waals surface area (Å²) in [5.74, 6) is 0.851. The number of aromatic nitrogens is 3. The zero-order valence-corrected chi connectivity index (χ0v) is 16.1. The second kappa shape index (κ2) is 7.79. The van der Waals surface area contributed by atoms with Crippen LogP contribution in [0.2, 0.25) is 5.02 Å². The minimum absolute atomic E-state index is 0.220. The second-order valence-corrected chi connectivity index (χ2v) is 7.00. The molecule has 2 heterocycles. The number of aliphatic imine (C=N–C) groups is 1. The minimum atomic E-state index is -0.352. The van der Waals surface area contributed by atoms with E-state index in [-0.39, 0.29) is 18.9 Å². The molecule has 3 aromatic rings. The molecular weight excluding hydrogens is 381 g/mol. The molecule has 0 spiro atoms. The number of benzene rings is 2. The highest BCUT2D eigenvalue weighted by molar-refractivity contribution is 6.31. The number of rotatable bonds is 5. The summed E-state index contributed by atoms with van der Waals surface area (Å²) in [5.41, 5.74) is 2.36. The van der Waals surface area contributed by atoms with E-state index in [1.165, 1.54) is 11.1 Å². The number of hydrogen-bond donors (Lipinski definition) is 1. The van der Waals surface area contributed by atoms with E-state index in [0.29, 0.717) is 40.1 Å². The van der Waals surface area contributed by atoms with E-state index < -0.39 is 0 Å². The predicted octanol–water partition coefficient (Wildman–Crippen LogP) is 4.01. The third-order valence-electron chi connectivity index (χ3n) is 4.56. The third kappa shape index (κ3) is 3.44. The lowest BCUT2D eigenvalue weighted by molar-refractivity contribution is -0.101. The van der Waals surface area contributed by atoms with Crippen LogP contribution in [0, 0.1) is 5.82 Å². The molecule has 0 amide bonds. The Kier molecular flexibility index (Phi) is 5.21. The summed E-state index contributed by atoms with van der Waals surface area (Å²) < 4.78 is 16.4. The summed E-state index contributed by atoms with van der Waals surface area (Å²) in [6.07, 6.45) is 0.810. The van der Waals surface area contributed by atoms with Crippen LogP contribution in [0.1, 0.15) is 36.1 Å². The van der Waals surface area contributed by atoms with Crippen LogP contribution in [0.15, 0.2) is 47.5 Å². The van der Waals surface area contributed by atoms with Crippen LogP contribution in [-0.4, -0.2) is 37.3 Å². The fourth-order valence-corrected chi connectivity index (χ4v) is 3.52. The van der Waals surface area contributed by atoms with Gasteiger partial charge >= 0.3 is 0 Å². The van der Waals surface area contributed by atoms with Crippen molar-refractivity contribution in [2.75, 3.05) is 6.54 Å². The Morgan fingerprint density at radius 3 is 2.79 bits per heavy atom. The SMILES string of the molecule is CCCN(O)Cc1nnc2n1-c1ccc(Cl)cc1C(c1ccccc1F)=NC2.